The molecule has 0 aliphatic rings. The Kier molecular flexibility index (Phi) is 11.2. The summed E-state index contributed by atoms with van der Waals surface area (Å²) in [6.45, 7) is 4.60. The number of hydrazine groups is 1. The Morgan fingerprint density at radius 1 is 1.43 bits per heavy atom. The van der Waals surface area contributed by atoms with Gasteiger partial charge in [-0.05, 0) is 12.1 Å². The average Bonchev–Trinajstić information content (AvgIpc) is 3.09. The highest BCUT2D eigenvalue weighted by Crippen LogP contribution is 2.29. The summed E-state index contributed by atoms with van der Waals surface area (Å²) in [5.74, 6) is 4.18. The lowest BCUT2D eigenvalue weighted by molar-refractivity contribution is -0.109. The van der Waals surface area contributed by atoms with Crippen LogP contribution in [0.1, 0.15) is 18.9 Å². The molecule has 2 aromatic rings. The van der Waals surface area contributed by atoms with E-state index in [2.05, 4.69) is 16.1 Å². The molecule has 0 atom stereocenters. The second kappa shape index (κ2) is 12.4. The van der Waals surface area contributed by atoms with Crippen LogP contribution in [0, 0.1) is 5.82 Å². The molecule has 1 aromatic heterocycles. The molecule has 128 valence electrons. The Morgan fingerprint density at radius 2 is 2.09 bits per heavy atom. The lowest BCUT2D eigenvalue weighted by Gasteiger charge is -2.21. The predicted molar refractivity (Wildman–Crippen MR) is 94.9 cm³/mol. The maximum Gasteiger partial charge on any atom is 0.221 e. The number of aromatic nitrogens is 1. The van der Waals surface area contributed by atoms with Crippen molar-refractivity contribution in [1.82, 2.24) is 10.4 Å². The second-order valence-electron chi connectivity index (χ2n) is 3.95. The topological polar surface area (TPSA) is 83.3 Å². The lowest BCUT2D eigenvalue weighted by atomic mass is 10.2. The first-order valence-corrected chi connectivity index (χ1v) is 7.97. The standard InChI is InChI=1S/C12H14FN3S.C2H6.CH4N2O/c1-14-10-5-3-4-9(13)12(10)16(2)8-11-15-6-7-17-11;1-2;2-3-1-4/h3-7,14H,8H2,1-2H3;1-2H3;1H,2H2,(H,3,4). The third kappa shape index (κ3) is 7.07. The van der Waals surface area contributed by atoms with E-state index in [1.807, 2.05) is 37.2 Å². The van der Waals surface area contributed by atoms with Gasteiger partial charge in [0.25, 0.3) is 0 Å². The third-order valence-corrected chi connectivity index (χ3v) is 3.33. The number of nitrogens with one attached hydrogen (secondary N) is 2. The maximum atomic E-state index is 13.8. The van der Waals surface area contributed by atoms with Crippen molar-refractivity contribution in [3.8, 4) is 0 Å². The smallest absolute Gasteiger partial charge is 0.221 e. The molecule has 0 bridgehead atoms. The molecule has 0 aliphatic carbocycles. The summed E-state index contributed by atoms with van der Waals surface area (Å²) in [5, 5.41) is 5.89. The third-order valence-electron chi connectivity index (χ3n) is 2.56. The van der Waals surface area contributed by atoms with Crippen molar-refractivity contribution >= 4 is 29.1 Å². The number of benzene rings is 1. The van der Waals surface area contributed by atoms with Gasteiger partial charge in [0.1, 0.15) is 10.8 Å². The normalized spacial score (nSPS) is 8.78. The number of hydrogen-bond donors (Lipinski definition) is 3. The van der Waals surface area contributed by atoms with Crippen LogP contribution in [0.3, 0.4) is 0 Å². The molecular weight excluding hydrogens is 317 g/mol. The Bertz CT molecular complexity index is 551. The predicted octanol–water partition coefficient (Wildman–Crippen LogP) is 2.59. The summed E-state index contributed by atoms with van der Waals surface area (Å²) in [5.41, 5.74) is 3.11. The fourth-order valence-corrected chi connectivity index (χ4v) is 2.39. The molecule has 0 spiro atoms. The Labute approximate surface area is 140 Å². The van der Waals surface area contributed by atoms with Gasteiger partial charge in [-0.25, -0.2) is 15.2 Å². The highest BCUT2D eigenvalue weighted by Gasteiger charge is 2.13. The first-order valence-electron chi connectivity index (χ1n) is 7.09. The van der Waals surface area contributed by atoms with E-state index in [-0.39, 0.29) is 5.82 Å². The summed E-state index contributed by atoms with van der Waals surface area (Å²) in [6, 6.07) is 5.02. The van der Waals surface area contributed by atoms with E-state index in [1.54, 1.807) is 36.1 Å². The van der Waals surface area contributed by atoms with Crippen molar-refractivity contribution < 1.29 is 9.18 Å². The van der Waals surface area contributed by atoms with Gasteiger partial charge in [0.05, 0.1) is 17.9 Å². The zero-order valence-corrected chi connectivity index (χ0v) is 14.7. The van der Waals surface area contributed by atoms with Crippen molar-refractivity contribution in [3.05, 3.63) is 40.6 Å². The molecule has 4 N–H and O–H groups in total. The SMILES string of the molecule is CC.CNc1cccc(F)c1N(C)Cc1nccs1.NNC=O. The van der Waals surface area contributed by atoms with E-state index >= 15 is 0 Å². The number of thiazole rings is 1. The summed E-state index contributed by atoms with van der Waals surface area (Å²) in [6.07, 6.45) is 2.16. The number of halogens is 1. The van der Waals surface area contributed by atoms with E-state index in [0.717, 1.165) is 10.7 Å². The average molecular weight is 341 g/mol. The van der Waals surface area contributed by atoms with E-state index in [9.17, 15) is 4.39 Å². The molecule has 23 heavy (non-hydrogen) atoms. The van der Waals surface area contributed by atoms with Gasteiger partial charge in [0, 0.05) is 25.7 Å². The number of hydrogen-bond acceptors (Lipinski definition) is 6. The molecule has 0 unspecified atom stereocenters. The van der Waals surface area contributed by atoms with Crippen LogP contribution in [0.5, 0.6) is 0 Å². The fraction of sp³-hybridized carbons (Fsp3) is 0.333. The Hall–Kier alpha value is -2.19. The van der Waals surface area contributed by atoms with Gasteiger partial charge in [-0.1, -0.05) is 19.9 Å². The quantitative estimate of drug-likeness (QED) is 0.337. The summed E-state index contributed by atoms with van der Waals surface area (Å²) >= 11 is 1.57. The van der Waals surface area contributed by atoms with Gasteiger partial charge >= 0.3 is 0 Å². The van der Waals surface area contributed by atoms with Crippen molar-refractivity contribution in [2.45, 2.75) is 20.4 Å². The minimum absolute atomic E-state index is 0.226. The first-order chi connectivity index (χ1) is 11.1. The zero-order chi connectivity index (χ0) is 17.7. The molecule has 0 fully saturated rings. The number of nitrogens with two attached hydrogens (primary N) is 1. The van der Waals surface area contributed by atoms with Gasteiger partial charge < -0.3 is 10.2 Å². The highest BCUT2D eigenvalue weighted by molar-refractivity contribution is 7.09. The highest BCUT2D eigenvalue weighted by atomic mass is 32.1. The molecule has 6 nitrogen and oxygen atoms in total. The van der Waals surface area contributed by atoms with E-state index in [0.29, 0.717) is 18.6 Å². The molecule has 1 amide bonds. The molecule has 8 heteroatoms. The molecule has 2 rings (SSSR count). The molecule has 0 aliphatic heterocycles. The van der Waals surface area contributed by atoms with Gasteiger partial charge in [0.15, 0.2) is 0 Å². The largest absolute Gasteiger partial charge is 0.386 e. The fourth-order valence-electron chi connectivity index (χ4n) is 1.72. The minimum Gasteiger partial charge on any atom is -0.386 e. The minimum atomic E-state index is -0.226. The number of amides is 1. The van der Waals surface area contributed by atoms with Crippen molar-refractivity contribution in [2.24, 2.45) is 5.84 Å². The molecular formula is C15H24FN5OS. The number of carbonyl (C=O) groups is 1. The van der Waals surface area contributed by atoms with Crippen molar-refractivity contribution in [2.75, 3.05) is 24.3 Å². The van der Waals surface area contributed by atoms with Crippen LogP contribution in [-0.2, 0) is 11.3 Å². The number of nitrogens with zero attached hydrogens (tertiary/aromatic N) is 2. The molecule has 1 aromatic carbocycles. The summed E-state index contributed by atoms with van der Waals surface area (Å²) in [4.78, 5) is 15.0. The Morgan fingerprint density at radius 3 is 2.57 bits per heavy atom. The number of para-hydroxylation sites is 1. The van der Waals surface area contributed by atoms with Gasteiger partial charge in [-0.3, -0.25) is 10.2 Å². The first kappa shape index (κ1) is 20.8. The van der Waals surface area contributed by atoms with Crippen LogP contribution in [0.25, 0.3) is 0 Å². The van der Waals surface area contributed by atoms with Crippen LogP contribution in [0.4, 0.5) is 15.8 Å². The number of carbonyl (C=O) groups excluding carboxylic acids is 1. The van der Waals surface area contributed by atoms with Gasteiger partial charge in [-0.15, -0.1) is 11.3 Å². The van der Waals surface area contributed by atoms with Crippen molar-refractivity contribution in [1.29, 1.82) is 0 Å². The zero-order valence-electron chi connectivity index (χ0n) is 13.8. The molecule has 0 saturated heterocycles. The maximum absolute atomic E-state index is 13.8. The molecule has 0 saturated carbocycles. The van der Waals surface area contributed by atoms with Crippen LogP contribution in [0.2, 0.25) is 0 Å². The monoisotopic (exact) mass is 341 g/mol. The van der Waals surface area contributed by atoms with Crippen LogP contribution < -0.4 is 21.5 Å². The Balaban J connectivity index is 0.000000705. The van der Waals surface area contributed by atoms with Crippen LogP contribution in [0.15, 0.2) is 29.8 Å². The van der Waals surface area contributed by atoms with E-state index < -0.39 is 0 Å². The van der Waals surface area contributed by atoms with E-state index in [1.165, 1.54) is 6.07 Å². The molecule has 1 heterocycles. The summed E-state index contributed by atoms with van der Waals surface area (Å²) in [7, 11) is 3.65. The van der Waals surface area contributed by atoms with Gasteiger partial charge in [0.2, 0.25) is 6.41 Å². The van der Waals surface area contributed by atoms with Crippen LogP contribution >= 0.6 is 11.3 Å². The van der Waals surface area contributed by atoms with Crippen molar-refractivity contribution in [3.63, 3.8) is 0 Å². The number of rotatable bonds is 5. The van der Waals surface area contributed by atoms with Gasteiger partial charge in [-0.2, -0.15) is 0 Å². The lowest BCUT2D eigenvalue weighted by Crippen LogP contribution is -2.19. The van der Waals surface area contributed by atoms with Crippen LogP contribution in [-0.4, -0.2) is 25.5 Å². The number of anilines is 2. The molecule has 0 radical (unpaired) electrons. The summed E-state index contributed by atoms with van der Waals surface area (Å²) < 4.78 is 13.8. The van der Waals surface area contributed by atoms with E-state index in [4.69, 9.17) is 4.79 Å². The second-order valence-corrected chi connectivity index (χ2v) is 4.93.